The van der Waals surface area contributed by atoms with E-state index in [-0.39, 0.29) is 5.91 Å². The summed E-state index contributed by atoms with van der Waals surface area (Å²) in [6.45, 7) is 2.79. The molecule has 1 aliphatic rings. The highest BCUT2D eigenvalue weighted by molar-refractivity contribution is 5.95. The molecule has 1 fully saturated rings. The minimum Gasteiger partial charge on any atom is -0.381 e. The van der Waals surface area contributed by atoms with Gasteiger partial charge in [-0.1, -0.05) is 66.7 Å². The third kappa shape index (κ3) is 5.24. The lowest BCUT2D eigenvalue weighted by molar-refractivity contribution is -0.116. The first kappa shape index (κ1) is 19.2. The van der Waals surface area contributed by atoms with Gasteiger partial charge in [-0.3, -0.25) is 4.79 Å². The van der Waals surface area contributed by atoms with Crippen molar-refractivity contribution in [3.63, 3.8) is 0 Å². The zero-order valence-electron chi connectivity index (χ0n) is 16.6. The van der Waals surface area contributed by atoms with Crippen molar-refractivity contribution in [1.29, 1.82) is 0 Å². The number of likely N-dealkylation sites (tertiary alicyclic amines) is 1. The number of nitrogens with one attached hydrogen (secondary N) is 2. The first-order valence-electron chi connectivity index (χ1n) is 10.3. The molecule has 0 radical (unpaired) electrons. The van der Waals surface area contributed by atoms with Crippen molar-refractivity contribution >= 4 is 17.3 Å². The van der Waals surface area contributed by atoms with Crippen molar-refractivity contribution in [2.24, 2.45) is 0 Å². The van der Waals surface area contributed by atoms with E-state index in [9.17, 15) is 4.79 Å². The summed E-state index contributed by atoms with van der Waals surface area (Å²) in [6, 6.07) is 28.9. The van der Waals surface area contributed by atoms with Gasteiger partial charge in [-0.05, 0) is 30.2 Å². The number of hydrogen-bond acceptors (Lipinski definition) is 3. The van der Waals surface area contributed by atoms with Gasteiger partial charge in [0.1, 0.15) is 0 Å². The van der Waals surface area contributed by atoms with Crippen molar-refractivity contribution in [2.45, 2.75) is 18.9 Å². The van der Waals surface area contributed by atoms with E-state index >= 15 is 0 Å². The van der Waals surface area contributed by atoms with Crippen LogP contribution in [0.2, 0.25) is 0 Å². The van der Waals surface area contributed by atoms with E-state index in [1.807, 2.05) is 60.7 Å². The lowest BCUT2D eigenvalue weighted by Gasteiger charge is -2.17. The average molecular weight is 386 g/mol. The maximum absolute atomic E-state index is 12.6. The van der Waals surface area contributed by atoms with Crippen LogP contribution in [0.5, 0.6) is 0 Å². The van der Waals surface area contributed by atoms with E-state index in [2.05, 4.69) is 39.8 Å². The third-order valence-corrected chi connectivity index (χ3v) is 5.36. The maximum atomic E-state index is 12.6. The van der Waals surface area contributed by atoms with E-state index in [4.69, 9.17) is 0 Å². The summed E-state index contributed by atoms with van der Waals surface area (Å²) < 4.78 is 0. The fourth-order valence-electron chi connectivity index (χ4n) is 3.86. The molecule has 3 aromatic rings. The molecule has 148 valence electrons. The van der Waals surface area contributed by atoms with E-state index in [0.717, 1.165) is 48.6 Å². The Morgan fingerprint density at radius 2 is 1.59 bits per heavy atom. The van der Waals surface area contributed by atoms with E-state index in [1.54, 1.807) is 0 Å². The molecule has 0 saturated carbocycles. The number of carbonyl (C=O) groups excluding carboxylic acids is 1. The highest BCUT2D eigenvalue weighted by Crippen LogP contribution is 2.27. The van der Waals surface area contributed by atoms with Gasteiger partial charge in [0.25, 0.3) is 0 Å². The standard InChI is InChI=1S/C25H27N3O/c29-25(27-24-14-8-7-13-23(24)20-9-3-1-4-10-20)16-18-28-17-15-22(19-28)26-21-11-5-2-6-12-21/h1-14,22,26H,15-19H2,(H,27,29). The second kappa shape index (κ2) is 9.39. The van der Waals surface area contributed by atoms with Crippen LogP contribution in [0, 0.1) is 0 Å². The highest BCUT2D eigenvalue weighted by atomic mass is 16.1. The second-order valence-corrected chi connectivity index (χ2v) is 7.51. The summed E-state index contributed by atoms with van der Waals surface area (Å²) in [4.78, 5) is 14.9. The van der Waals surface area contributed by atoms with Crippen LogP contribution >= 0.6 is 0 Å². The number of benzene rings is 3. The molecule has 1 unspecified atom stereocenters. The monoisotopic (exact) mass is 385 g/mol. The van der Waals surface area contributed by atoms with Crippen molar-refractivity contribution in [2.75, 3.05) is 30.3 Å². The Balaban J connectivity index is 1.28. The Bertz CT molecular complexity index is 927. The van der Waals surface area contributed by atoms with Gasteiger partial charge in [0, 0.05) is 49.0 Å². The predicted octanol–water partition coefficient (Wildman–Crippen LogP) is 4.87. The molecule has 1 heterocycles. The lowest BCUT2D eigenvalue weighted by atomic mass is 10.0. The normalized spacial score (nSPS) is 16.5. The molecule has 29 heavy (non-hydrogen) atoms. The number of nitrogens with zero attached hydrogens (tertiary/aromatic N) is 1. The number of carbonyl (C=O) groups is 1. The fraction of sp³-hybridized carbons (Fsp3) is 0.240. The average Bonchev–Trinajstić information content (AvgIpc) is 3.21. The van der Waals surface area contributed by atoms with Crippen molar-refractivity contribution in [3.05, 3.63) is 84.9 Å². The summed E-state index contributed by atoms with van der Waals surface area (Å²) in [5.74, 6) is 0.0628. The molecule has 1 saturated heterocycles. The third-order valence-electron chi connectivity index (χ3n) is 5.36. The number of hydrogen-bond donors (Lipinski definition) is 2. The lowest BCUT2D eigenvalue weighted by Crippen LogP contribution is -2.29. The topological polar surface area (TPSA) is 44.4 Å². The van der Waals surface area contributed by atoms with Gasteiger partial charge in [-0.25, -0.2) is 0 Å². The van der Waals surface area contributed by atoms with Crippen LogP contribution < -0.4 is 10.6 Å². The van der Waals surface area contributed by atoms with Crippen LogP contribution in [0.3, 0.4) is 0 Å². The highest BCUT2D eigenvalue weighted by Gasteiger charge is 2.22. The SMILES string of the molecule is O=C(CCN1CCC(Nc2ccccc2)C1)Nc1ccccc1-c1ccccc1. The Morgan fingerprint density at radius 1 is 0.897 bits per heavy atom. The van der Waals surface area contributed by atoms with Crippen molar-refractivity contribution < 1.29 is 4.79 Å². The second-order valence-electron chi connectivity index (χ2n) is 7.51. The Labute approximate surface area is 172 Å². The predicted molar refractivity (Wildman–Crippen MR) is 120 cm³/mol. The molecule has 0 aromatic heterocycles. The van der Waals surface area contributed by atoms with Crippen LogP contribution in [-0.2, 0) is 4.79 Å². The Hall–Kier alpha value is -3.11. The van der Waals surface area contributed by atoms with Crippen LogP contribution in [0.4, 0.5) is 11.4 Å². The Morgan fingerprint density at radius 3 is 2.38 bits per heavy atom. The molecule has 1 aliphatic heterocycles. The van der Waals surface area contributed by atoms with E-state index in [0.29, 0.717) is 12.5 Å². The first-order valence-corrected chi connectivity index (χ1v) is 10.3. The smallest absolute Gasteiger partial charge is 0.225 e. The minimum absolute atomic E-state index is 0.0628. The molecule has 4 heteroatoms. The Kier molecular flexibility index (Phi) is 6.22. The molecule has 4 nitrogen and oxygen atoms in total. The first-order chi connectivity index (χ1) is 14.3. The quantitative estimate of drug-likeness (QED) is 0.610. The summed E-state index contributed by atoms with van der Waals surface area (Å²) in [5, 5.41) is 6.68. The molecule has 0 bridgehead atoms. The van der Waals surface area contributed by atoms with Gasteiger partial charge in [0.05, 0.1) is 0 Å². The van der Waals surface area contributed by atoms with Crippen molar-refractivity contribution in [3.8, 4) is 11.1 Å². The summed E-state index contributed by atoms with van der Waals surface area (Å²) in [5.41, 5.74) is 4.19. The molecule has 3 aromatic carbocycles. The van der Waals surface area contributed by atoms with Crippen LogP contribution in [0.15, 0.2) is 84.9 Å². The van der Waals surface area contributed by atoms with Gasteiger partial charge in [-0.15, -0.1) is 0 Å². The van der Waals surface area contributed by atoms with Crippen LogP contribution in [-0.4, -0.2) is 36.5 Å². The van der Waals surface area contributed by atoms with E-state index < -0.39 is 0 Å². The van der Waals surface area contributed by atoms with E-state index in [1.165, 1.54) is 0 Å². The molecule has 0 spiro atoms. The molecule has 1 atom stereocenters. The molecule has 2 N–H and O–H groups in total. The van der Waals surface area contributed by atoms with Crippen LogP contribution in [0.25, 0.3) is 11.1 Å². The molecule has 1 amide bonds. The molecule has 0 aliphatic carbocycles. The van der Waals surface area contributed by atoms with Gasteiger partial charge in [-0.2, -0.15) is 0 Å². The number of amides is 1. The van der Waals surface area contributed by atoms with Gasteiger partial charge in [0.2, 0.25) is 5.91 Å². The molecule has 4 rings (SSSR count). The molecular weight excluding hydrogens is 358 g/mol. The fourth-order valence-corrected chi connectivity index (χ4v) is 3.86. The summed E-state index contributed by atoms with van der Waals surface area (Å²) in [7, 11) is 0. The van der Waals surface area contributed by atoms with Gasteiger partial charge in [0.15, 0.2) is 0 Å². The summed E-state index contributed by atoms with van der Waals surface area (Å²) >= 11 is 0. The van der Waals surface area contributed by atoms with Crippen LogP contribution in [0.1, 0.15) is 12.8 Å². The summed E-state index contributed by atoms with van der Waals surface area (Å²) in [6.07, 6.45) is 1.61. The van der Waals surface area contributed by atoms with Crippen molar-refractivity contribution in [1.82, 2.24) is 4.90 Å². The number of anilines is 2. The minimum atomic E-state index is 0.0628. The molecular formula is C25H27N3O. The zero-order chi connectivity index (χ0) is 19.9. The number of para-hydroxylation sites is 2. The zero-order valence-corrected chi connectivity index (χ0v) is 16.6. The van der Waals surface area contributed by atoms with Gasteiger partial charge < -0.3 is 15.5 Å². The number of rotatable bonds is 7. The largest absolute Gasteiger partial charge is 0.381 e. The maximum Gasteiger partial charge on any atom is 0.225 e. The van der Waals surface area contributed by atoms with Gasteiger partial charge >= 0.3 is 0 Å².